The average Bonchev–Trinajstić information content (AvgIpc) is 3.24. The number of ether oxygens (including phenoxy) is 1. The molecule has 1 spiro atoms. The lowest BCUT2D eigenvalue weighted by atomic mass is 9.88. The van der Waals surface area contributed by atoms with Crippen LogP contribution in [0.2, 0.25) is 0 Å². The summed E-state index contributed by atoms with van der Waals surface area (Å²) < 4.78 is 6.54. The Hall–Kier alpha value is -2.31. The highest BCUT2D eigenvalue weighted by atomic mass is 16.5. The van der Waals surface area contributed by atoms with E-state index in [9.17, 15) is 0 Å². The number of hydrogen-bond acceptors (Lipinski definition) is 3. The number of nitrogens with zero attached hydrogens (tertiary/aromatic N) is 2. The van der Waals surface area contributed by atoms with Crippen molar-refractivity contribution in [3.05, 3.63) is 53.6 Å². The van der Waals surface area contributed by atoms with E-state index in [1.165, 1.54) is 49.9 Å². The third-order valence-corrected chi connectivity index (χ3v) is 6.53. The summed E-state index contributed by atoms with van der Waals surface area (Å²) in [5.41, 5.74) is 4.43. The van der Waals surface area contributed by atoms with Crippen LogP contribution in [0.4, 0.5) is 0 Å². The molecule has 0 saturated carbocycles. The molecule has 0 amide bonds. The van der Waals surface area contributed by atoms with Crippen molar-refractivity contribution >= 4 is 0 Å². The number of hydrogen-bond donors (Lipinski definition) is 0. The molecule has 26 heavy (non-hydrogen) atoms. The minimum absolute atomic E-state index is 0.00988. The van der Waals surface area contributed by atoms with Crippen LogP contribution in [-0.2, 0) is 6.42 Å². The maximum atomic E-state index is 8.98. The average molecular weight is 344 g/mol. The maximum Gasteiger partial charge on any atom is 0.123 e. The molecular formula is C23H24N2O. The van der Waals surface area contributed by atoms with Gasteiger partial charge < -0.3 is 9.64 Å². The number of nitriles is 1. The molecule has 3 heterocycles. The maximum absolute atomic E-state index is 8.98. The Bertz CT molecular complexity index is 851. The molecule has 3 nitrogen and oxygen atoms in total. The van der Waals surface area contributed by atoms with Crippen LogP contribution < -0.4 is 4.74 Å². The van der Waals surface area contributed by atoms with Crippen LogP contribution in [0.5, 0.6) is 5.75 Å². The molecule has 132 valence electrons. The molecule has 2 aromatic rings. The van der Waals surface area contributed by atoms with Gasteiger partial charge in [-0.2, -0.15) is 5.26 Å². The summed E-state index contributed by atoms with van der Waals surface area (Å²) in [6, 6.07) is 17.4. The van der Waals surface area contributed by atoms with Crippen molar-refractivity contribution in [1.82, 2.24) is 4.90 Å². The highest BCUT2D eigenvalue weighted by Crippen LogP contribution is 2.44. The van der Waals surface area contributed by atoms with Gasteiger partial charge in [-0.25, -0.2) is 0 Å². The summed E-state index contributed by atoms with van der Waals surface area (Å²) in [5, 5.41) is 8.98. The van der Waals surface area contributed by atoms with Gasteiger partial charge in [-0.05, 0) is 73.2 Å². The molecule has 3 aliphatic rings. The topological polar surface area (TPSA) is 36.3 Å². The molecular weight excluding hydrogens is 320 g/mol. The summed E-state index contributed by atoms with van der Waals surface area (Å²) in [5.74, 6) is 1.07. The zero-order valence-electron chi connectivity index (χ0n) is 15.1. The van der Waals surface area contributed by atoms with Crippen LogP contribution in [0.25, 0.3) is 11.1 Å². The fraction of sp³-hybridized carbons (Fsp3) is 0.435. The van der Waals surface area contributed by atoms with E-state index in [2.05, 4.69) is 29.2 Å². The van der Waals surface area contributed by atoms with Crippen molar-refractivity contribution in [3.63, 3.8) is 0 Å². The summed E-state index contributed by atoms with van der Waals surface area (Å²) in [4.78, 5) is 2.68. The molecule has 2 fully saturated rings. The van der Waals surface area contributed by atoms with Crippen molar-refractivity contribution in [2.75, 3.05) is 13.1 Å². The summed E-state index contributed by atoms with van der Waals surface area (Å²) in [7, 11) is 0. The Balaban J connectivity index is 1.38. The highest BCUT2D eigenvalue weighted by molar-refractivity contribution is 5.67. The van der Waals surface area contributed by atoms with Gasteiger partial charge in [0.1, 0.15) is 11.4 Å². The van der Waals surface area contributed by atoms with Gasteiger partial charge in [-0.1, -0.05) is 18.2 Å². The molecule has 5 rings (SSSR count). The van der Waals surface area contributed by atoms with Gasteiger partial charge in [0.15, 0.2) is 0 Å². The van der Waals surface area contributed by atoms with Crippen LogP contribution >= 0.6 is 0 Å². The van der Waals surface area contributed by atoms with E-state index in [0.29, 0.717) is 5.56 Å². The lowest BCUT2D eigenvalue weighted by molar-refractivity contribution is 0.0771. The van der Waals surface area contributed by atoms with Gasteiger partial charge in [-0.3, -0.25) is 0 Å². The van der Waals surface area contributed by atoms with Gasteiger partial charge in [0.05, 0.1) is 11.6 Å². The molecule has 2 saturated heterocycles. The molecule has 0 N–H and O–H groups in total. The summed E-state index contributed by atoms with van der Waals surface area (Å²) in [6.07, 6.45) is 7.36. The Morgan fingerprint density at radius 2 is 1.85 bits per heavy atom. The van der Waals surface area contributed by atoms with Crippen molar-refractivity contribution in [1.29, 1.82) is 5.26 Å². The fourth-order valence-electron chi connectivity index (χ4n) is 5.05. The quantitative estimate of drug-likeness (QED) is 0.761. The third kappa shape index (κ3) is 2.70. The van der Waals surface area contributed by atoms with Crippen molar-refractivity contribution in [2.24, 2.45) is 0 Å². The predicted molar refractivity (Wildman–Crippen MR) is 102 cm³/mol. The number of rotatable bonds is 1. The minimum Gasteiger partial charge on any atom is -0.487 e. The molecule has 0 aromatic heterocycles. The molecule has 0 aliphatic carbocycles. The van der Waals surface area contributed by atoms with E-state index in [1.54, 1.807) is 0 Å². The Morgan fingerprint density at radius 1 is 1.00 bits per heavy atom. The second-order valence-electron chi connectivity index (χ2n) is 8.09. The van der Waals surface area contributed by atoms with Gasteiger partial charge in [0.25, 0.3) is 0 Å². The van der Waals surface area contributed by atoms with Gasteiger partial charge in [0, 0.05) is 25.4 Å². The smallest absolute Gasteiger partial charge is 0.123 e. The molecule has 3 aliphatic heterocycles. The SMILES string of the molecule is N#Cc1ccc(-c2ccc3c(c2)CC2(CCC4CCCN4CC2)O3)cc1. The van der Waals surface area contributed by atoms with Crippen LogP contribution in [0.1, 0.15) is 43.2 Å². The summed E-state index contributed by atoms with van der Waals surface area (Å²) in [6.45, 7) is 2.46. The second-order valence-corrected chi connectivity index (χ2v) is 8.09. The van der Waals surface area contributed by atoms with Gasteiger partial charge in [-0.15, -0.1) is 0 Å². The predicted octanol–water partition coefficient (Wildman–Crippen LogP) is 4.55. The zero-order chi connectivity index (χ0) is 17.6. The van der Waals surface area contributed by atoms with Crippen molar-refractivity contribution in [3.8, 4) is 22.9 Å². The molecule has 3 heteroatoms. The van der Waals surface area contributed by atoms with Gasteiger partial charge in [0.2, 0.25) is 0 Å². The monoisotopic (exact) mass is 344 g/mol. The molecule has 2 atom stereocenters. The van der Waals surface area contributed by atoms with E-state index in [4.69, 9.17) is 10.00 Å². The number of fused-ring (bicyclic) bond motifs is 2. The lowest BCUT2D eigenvalue weighted by Gasteiger charge is -2.27. The molecule has 0 radical (unpaired) electrons. The molecule has 0 bridgehead atoms. The number of benzene rings is 2. The third-order valence-electron chi connectivity index (χ3n) is 6.53. The van der Waals surface area contributed by atoms with Crippen molar-refractivity contribution < 1.29 is 4.74 Å². The molecule has 2 aromatic carbocycles. The van der Waals surface area contributed by atoms with E-state index in [-0.39, 0.29) is 5.60 Å². The normalized spacial score (nSPS) is 27.4. The summed E-state index contributed by atoms with van der Waals surface area (Å²) >= 11 is 0. The van der Waals surface area contributed by atoms with E-state index < -0.39 is 0 Å². The first-order valence-corrected chi connectivity index (χ1v) is 9.81. The highest BCUT2D eigenvalue weighted by Gasteiger charge is 2.43. The first-order chi connectivity index (χ1) is 12.7. The van der Waals surface area contributed by atoms with Gasteiger partial charge >= 0.3 is 0 Å². The van der Waals surface area contributed by atoms with Crippen molar-refractivity contribution in [2.45, 2.75) is 50.2 Å². The first kappa shape index (κ1) is 15.9. The standard InChI is InChI=1S/C23H24N2O/c24-16-17-3-5-18(6-4-17)19-7-8-22-20(14-19)15-23(26-22)10-9-21-2-1-12-25(21)13-11-23/h3-8,14,21H,1-2,9-13,15H2. The fourth-order valence-corrected chi connectivity index (χ4v) is 5.05. The zero-order valence-corrected chi connectivity index (χ0v) is 15.1. The van der Waals surface area contributed by atoms with E-state index in [0.717, 1.165) is 30.2 Å². The van der Waals surface area contributed by atoms with Crippen LogP contribution in [0, 0.1) is 11.3 Å². The van der Waals surface area contributed by atoms with Crippen LogP contribution in [0.3, 0.4) is 0 Å². The minimum atomic E-state index is 0.00988. The Labute approximate surface area is 155 Å². The van der Waals surface area contributed by atoms with Crippen LogP contribution in [0.15, 0.2) is 42.5 Å². The lowest BCUT2D eigenvalue weighted by Crippen LogP contribution is -2.35. The Kier molecular flexibility index (Phi) is 3.76. The second kappa shape index (κ2) is 6.14. The largest absolute Gasteiger partial charge is 0.487 e. The Morgan fingerprint density at radius 3 is 2.69 bits per heavy atom. The van der Waals surface area contributed by atoms with E-state index >= 15 is 0 Å². The van der Waals surface area contributed by atoms with E-state index in [1.807, 2.05) is 24.3 Å². The first-order valence-electron chi connectivity index (χ1n) is 9.81. The molecule has 2 unspecified atom stereocenters. The van der Waals surface area contributed by atoms with Crippen LogP contribution in [-0.4, -0.2) is 29.6 Å².